The maximum absolute atomic E-state index is 11.0. The van der Waals surface area contributed by atoms with Crippen molar-refractivity contribution < 1.29 is 14.3 Å². The molecule has 0 aliphatic rings. The van der Waals surface area contributed by atoms with Gasteiger partial charge in [0.1, 0.15) is 18.1 Å². The van der Waals surface area contributed by atoms with Gasteiger partial charge in [-0.15, -0.1) is 0 Å². The third-order valence-corrected chi connectivity index (χ3v) is 2.08. The molecule has 0 amide bonds. The Balaban J connectivity index is 3.78. The molecule has 5 heteroatoms. The molecule has 0 aromatic carbocycles. The fraction of sp³-hybridized carbons (Fsp3) is 0.556. The average Bonchev–Trinajstić information content (AvgIpc) is 2.17. The number of rotatable bonds is 6. The van der Waals surface area contributed by atoms with Crippen LogP contribution >= 0.6 is 11.8 Å². The highest BCUT2D eigenvalue weighted by molar-refractivity contribution is 8.03. The topological polar surface area (TPSA) is 59.3 Å². The fourth-order valence-corrected chi connectivity index (χ4v) is 1.10. The summed E-state index contributed by atoms with van der Waals surface area (Å²) in [5.41, 5.74) is 0.354. The summed E-state index contributed by atoms with van der Waals surface area (Å²) >= 11 is 1.07. The lowest BCUT2D eigenvalue weighted by Gasteiger charge is -2.13. The maximum Gasteiger partial charge on any atom is 0.333 e. The van der Waals surface area contributed by atoms with Gasteiger partial charge in [0.2, 0.25) is 0 Å². The van der Waals surface area contributed by atoms with Crippen LogP contribution in [0.3, 0.4) is 0 Å². The van der Waals surface area contributed by atoms with E-state index >= 15 is 0 Å². The van der Waals surface area contributed by atoms with Gasteiger partial charge in [0, 0.05) is 18.4 Å². The Bertz CT molecular complexity index is 247. The number of carbonyl (C=O) groups is 1. The van der Waals surface area contributed by atoms with Crippen LogP contribution in [0.4, 0.5) is 0 Å². The minimum Gasteiger partial charge on any atom is -0.460 e. The Morgan fingerprint density at radius 2 is 2.36 bits per heavy atom. The first-order chi connectivity index (χ1) is 6.61. The predicted molar refractivity (Wildman–Crippen MR) is 54.6 cm³/mol. The van der Waals surface area contributed by atoms with Crippen LogP contribution < -0.4 is 0 Å². The minimum absolute atomic E-state index is 0.150. The van der Waals surface area contributed by atoms with Crippen molar-refractivity contribution in [2.45, 2.75) is 13.0 Å². The van der Waals surface area contributed by atoms with Gasteiger partial charge < -0.3 is 9.47 Å². The fourth-order valence-electron chi connectivity index (χ4n) is 0.606. The minimum atomic E-state index is -0.436. The van der Waals surface area contributed by atoms with Gasteiger partial charge in [-0.3, -0.25) is 0 Å². The van der Waals surface area contributed by atoms with E-state index in [0.29, 0.717) is 11.3 Å². The summed E-state index contributed by atoms with van der Waals surface area (Å²) in [6.07, 6.45) is -0.247. The number of nitrogens with zero attached hydrogens (tertiary/aromatic N) is 1. The normalized spacial score (nSPS) is 11.5. The highest BCUT2D eigenvalue weighted by Gasteiger charge is 2.11. The van der Waals surface area contributed by atoms with Gasteiger partial charge in [0.05, 0.1) is 0 Å². The van der Waals surface area contributed by atoms with Crippen molar-refractivity contribution in [3.05, 3.63) is 12.2 Å². The first-order valence-corrected chi connectivity index (χ1v) is 4.96. The second kappa shape index (κ2) is 7.42. The molecule has 0 radical (unpaired) electrons. The van der Waals surface area contributed by atoms with Crippen molar-refractivity contribution in [2.75, 3.05) is 19.5 Å². The molecule has 0 saturated heterocycles. The van der Waals surface area contributed by atoms with E-state index in [2.05, 4.69) is 6.58 Å². The van der Waals surface area contributed by atoms with Crippen LogP contribution in [0.5, 0.6) is 0 Å². The van der Waals surface area contributed by atoms with Gasteiger partial charge in [-0.1, -0.05) is 6.58 Å². The Labute approximate surface area is 87.9 Å². The van der Waals surface area contributed by atoms with E-state index < -0.39 is 5.97 Å². The Morgan fingerprint density at radius 3 is 2.79 bits per heavy atom. The molecule has 0 aliphatic heterocycles. The molecule has 1 unspecified atom stereocenters. The quantitative estimate of drug-likeness (QED) is 0.380. The average molecular weight is 215 g/mol. The van der Waals surface area contributed by atoms with Crippen LogP contribution in [0.15, 0.2) is 12.2 Å². The third kappa shape index (κ3) is 5.62. The number of hydrogen-bond acceptors (Lipinski definition) is 5. The molecule has 0 aromatic rings. The van der Waals surface area contributed by atoms with Crippen molar-refractivity contribution in [3.8, 4) is 5.40 Å². The zero-order valence-electron chi connectivity index (χ0n) is 8.28. The lowest BCUT2D eigenvalue weighted by Crippen LogP contribution is -2.23. The molecular weight excluding hydrogens is 202 g/mol. The number of hydrogen-bond donors (Lipinski definition) is 0. The SMILES string of the molecule is C=C(C)C(=O)OCC(CSC#N)OC. The van der Waals surface area contributed by atoms with Crippen molar-refractivity contribution in [1.82, 2.24) is 0 Å². The Kier molecular flexibility index (Phi) is 6.89. The zero-order valence-corrected chi connectivity index (χ0v) is 9.10. The number of thioether (sulfide) groups is 1. The van der Waals surface area contributed by atoms with E-state index in [9.17, 15) is 4.79 Å². The molecule has 0 heterocycles. The molecule has 0 rings (SSSR count). The van der Waals surface area contributed by atoms with Gasteiger partial charge >= 0.3 is 5.97 Å². The second-order valence-electron chi connectivity index (χ2n) is 2.64. The number of carbonyl (C=O) groups excluding carboxylic acids is 1. The van der Waals surface area contributed by atoms with Crippen molar-refractivity contribution in [1.29, 1.82) is 5.26 Å². The molecule has 0 fully saturated rings. The molecule has 78 valence electrons. The molecule has 0 saturated carbocycles. The van der Waals surface area contributed by atoms with Crippen molar-refractivity contribution in [2.24, 2.45) is 0 Å². The third-order valence-electron chi connectivity index (χ3n) is 1.42. The Morgan fingerprint density at radius 1 is 1.71 bits per heavy atom. The summed E-state index contributed by atoms with van der Waals surface area (Å²) in [5, 5.41) is 10.2. The first-order valence-electron chi connectivity index (χ1n) is 3.98. The van der Waals surface area contributed by atoms with E-state index in [1.165, 1.54) is 7.11 Å². The molecule has 0 N–H and O–H groups in total. The lowest BCUT2D eigenvalue weighted by atomic mass is 10.3. The molecule has 1 atom stereocenters. The highest BCUT2D eigenvalue weighted by atomic mass is 32.2. The van der Waals surface area contributed by atoms with Crippen LogP contribution in [-0.2, 0) is 14.3 Å². The van der Waals surface area contributed by atoms with E-state index in [-0.39, 0.29) is 12.7 Å². The number of ether oxygens (including phenoxy) is 2. The van der Waals surface area contributed by atoms with Gasteiger partial charge in [0.15, 0.2) is 0 Å². The second-order valence-corrected chi connectivity index (χ2v) is 3.44. The summed E-state index contributed by atoms with van der Waals surface area (Å²) in [6, 6.07) is 0. The Hall–Kier alpha value is -0.990. The summed E-state index contributed by atoms with van der Waals surface area (Å²) < 4.78 is 9.87. The van der Waals surface area contributed by atoms with Crippen LogP contribution in [0.1, 0.15) is 6.92 Å². The predicted octanol–water partition coefficient (Wildman–Crippen LogP) is 1.33. The van der Waals surface area contributed by atoms with Gasteiger partial charge in [0.25, 0.3) is 0 Å². The van der Waals surface area contributed by atoms with Gasteiger partial charge in [-0.2, -0.15) is 5.26 Å². The van der Waals surface area contributed by atoms with Gasteiger partial charge in [-0.25, -0.2) is 4.79 Å². The molecule has 0 aliphatic carbocycles. The van der Waals surface area contributed by atoms with Crippen LogP contribution in [-0.4, -0.2) is 31.5 Å². The molecule has 4 nitrogen and oxygen atoms in total. The lowest BCUT2D eigenvalue weighted by molar-refractivity contribution is -0.141. The summed E-state index contributed by atoms with van der Waals surface area (Å²) in [4.78, 5) is 11.0. The molecule has 0 aromatic heterocycles. The number of nitriles is 1. The monoisotopic (exact) mass is 215 g/mol. The largest absolute Gasteiger partial charge is 0.460 e. The number of thiocyanates is 1. The van der Waals surface area contributed by atoms with Crippen LogP contribution in [0.25, 0.3) is 0 Å². The summed E-state index contributed by atoms with van der Waals surface area (Å²) in [7, 11) is 1.51. The first kappa shape index (κ1) is 13.0. The van der Waals surface area contributed by atoms with Crippen LogP contribution in [0.2, 0.25) is 0 Å². The van der Waals surface area contributed by atoms with E-state index in [4.69, 9.17) is 14.7 Å². The maximum atomic E-state index is 11.0. The van der Waals surface area contributed by atoms with E-state index in [1.54, 1.807) is 6.92 Å². The van der Waals surface area contributed by atoms with Crippen LogP contribution in [0, 0.1) is 10.7 Å². The van der Waals surface area contributed by atoms with Crippen molar-refractivity contribution >= 4 is 17.7 Å². The molecule has 14 heavy (non-hydrogen) atoms. The number of methoxy groups -OCH3 is 1. The molecular formula is C9H13NO3S. The van der Waals surface area contributed by atoms with E-state index in [1.807, 2.05) is 5.40 Å². The molecule has 0 spiro atoms. The smallest absolute Gasteiger partial charge is 0.333 e. The highest BCUT2D eigenvalue weighted by Crippen LogP contribution is 2.04. The summed E-state index contributed by atoms with van der Waals surface area (Å²) in [6.45, 7) is 5.18. The zero-order chi connectivity index (χ0) is 11.0. The summed E-state index contributed by atoms with van der Waals surface area (Å²) in [5.74, 6) is 0.0465. The van der Waals surface area contributed by atoms with E-state index in [0.717, 1.165) is 11.8 Å². The van der Waals surface area contributed by atoms with Gasteiger partial charge in [-0.05, 0) is 18.7 Å². The molecule has 0 bridgehead atoms. The standard InChI is InChI=1S/C9H13NO3S/c1-7(2)9(11)13-4-8(12-3)5-14-6-10/h8H,1,4-5H2,2-3H3. The van der Waals surface area contributed by atoms with Crippen molar-refractivity contribution in [3.63, 3.8) is 0 Å². The number of esters is 1.